The first kappa shape index (κ1) is 17.2. The highest BCUT2D eigenvalue weighted by Gasteiger charge is 2.40. The number of amides is 1. The number of aliphatic carboxylic acids is 1. The zero-order valence-electron chi connectivity index (χ0n) is 13.2. The van der Waals surface area contributed by atoms with E-state index in [0.29, 0.717) is 26.0 Å². The first-order chi connectivity index (χ1) is 9.06. The van der Waals surface area contributed by atoms with Gasteiger partial charge in [0.15, 0.2) is 8.32 Å². The molecule has 1 rings (SSSR count). The van der Waals surface area contributed by atoms with E-state index in [9.17, 15) is 14.7 Å². The van der Waals surface area contributed by atoms with Crippen molar-refractivity contribution in [1.29, 1.82) is 0 Å². The van der Waals surface area contributed by atoms with Crippen LogP contribution in [0.5, 0.6) is 0 Å². The summed E-state index contributed by atoms with van der Waals surface area (Å²) in [6.07, 6.45) is 1.19. The summed E-state index contributed by atoms with van der Waals surface area (Å²) < 4.78 is 6.03. The number of carbonyl (C=O) groups excluding carboxylic acids is 1. The van der Waals surface area contributed by atoms with E-state index < -0.39 is 20.2 Å². The van der Waals surface area contributed by atoms with Gasteiger partial charge in [0.2, 0.25) is 5.91 Å². The normalized spacial score (nSPS) is 21.1. The van der Waals surface area contributed by atoms with Crippen LogP contribution in [0.3, 0.4) is 0 Å². The minimum atomic E-state index is -1.77. The molecule has 0 aromatic rings. The van der Waals surface area contributed by atoms with Gasteiger partial charge in [-0.3, -0.25) is 9.59 Å². The summed E-state index contributed by atoms with van der Waals surface area (Å²) in [5.41, 5.74) is 0. The van der Waals surface area contributed by atoms with Crippen LogP contribution in [-0.4, -0.2) is 38.5 Å². The lowest BCUT2D eigenvalue weighted by molar-refractivity contribution is -0.150. The van der Waals surface area contributed by atoms with Crippen molar-refractivity contribution in [1.82, 2.24) is 5.32 Å². The molecule has 20 heavy (non-hydrogen) atoms. The highest BCUT2D eigenvalue weighted by molar-refractivity contribution is 6.74. The number of rotatable bonds is 7. The molecule has 1 amide bonds. The Labute approximate surface area is 122 Å². The van der Waals surface area contributed by atoms with E-state index in [1.807, 2.05) is 0 Å². The van der Waals surface area contributed by atoms with Gasteiger partial charge in [0.05, 0.1) is 11.8 Å². The Morgan fingerprint density at radius 3 is 2.45 bits per heavy atom. The van der Waals surface area contributed by atoms with Gasteiger partial charge < -0.3 is 14.8 Å². The molecule has 0 unspecified atom stereocenters. The van der Waals surface area contributed by atoms with Crippen LogP contribution in [0.4, 0.5) is 0 Å². The maximum absolute atomic E-state index is 11.3. The Balaban J connectivity index is 2.39. The Kier molecular flexibility index (Phi) is 5.37. The number of carboxylic acid groups (broad SMARTS) is 1. The number of nitrogens with one attached hydrogen (secondary N) is 1. The van der Waals surface area contributed by atoms with E-state index in [1.54, 1.807) is 0 Å². The highest BCUT2D eigenvalue weighted by Crippen LogP contribution is 2.36. The number of β-lactam (4-membered cyclic amide) rings is 1. The van der Waals surface area contributed by atoms with Crippen LogP contribution in [0.15, 0.2) is 0 Å². The molecule has 0 saturated carbocycles. The van der Waals surface area contributed by atoms with Gasteiger partial charge in [-0.05, 0) is 31.0 Å². The first-order valence-corrected chi connectivity index (χ1v) is 10.1. The first-order valence-electron chi connectivity index (χ1n) is 7.21. The van der Waals surface area contributed by atoms with Gasteiger partial charge in [-0.15, -0.1) is 0 Å². The molecule has 0 aliphatic carbocycles. The van der Waals surface area contributed by atoms with Crippen LogP contribution < -0.4 is 5.32 Å². The molecule has 2 N–H and O–H groups in total. The minimum Gasteiger partial charge on any atom is -0.481 e. The Bertz CT molecular complexity index is 376. The second kappa shape index (κ2) is 6.26. The van der Waals surface area contributed by atoms with Crippen LogP contribution >= 0.6 is 0 Å². The molecule has 1 aliphatic heterocycles. The molecule has 2 atom stereocenters. The Hall–Kier alpha value is -0.883. The van der Waals surface area contributed by atoms with Crippen LogP contribution in [0.25, 0.3) is 0 Å². The molecule has 1 saturated heterocycles. The quantitative estimate of drug-likeness (QED) is 0.429. The summed E-state index contributed by atoms with van der Waals surface area (Å²) in [5.74, 6) is -1.95. The van der Waals surface area contributed by atoms with Crippen molar-refractivity contribution in [2.75, 3.05) is 13.2 Å². The summed E-state index contributed by atoms with van der Waals surface area (Å²) in [6.45, 7) is 12.0. The number of hydrogen-bond donors (Lipinski definition) is 2. The average molecular weight is 301 g/mol. The third-order valence-electron chi connectivity index (χ3n) is 4.56. The molecular weight excluding hydrogens is 274 g/mol. The average Bonchev–Trinajstić information content (AvgIpc) is 2.29. The van der Waals surface area contributed by atoms with Gasteiger partial charge in [0, 0.05) is 13.2 Å². The minimum absolute atomic E-state index is 0.136. The fourth-order valence-electron chi connectivity index (χ4n) is 1.97. The Morgan fingerprint density at radius 1 is 1.50 bits per heavy atom. The molecule has 0 radical (unpaired) electrons. The number of hydrogen-bond acceptors (Lipinski definition) is 3. The van der Waals surface area contributed by atoms with Gasteiger partial charge >= 0.3 is 5.97 Å². The van der Waals surface area contributed by atoms with Gasteiger partial charge in [0.25, 0.3) is 0 Å². The lowest BCUT2D eigenvalue weighted by Crippen LogP contribution is -2.53. The van der Waals surface area contributed by atoms with Gasteiger partial charge in [-0.1, -0.05) is 20.8 Å². The Morgan fingerprint density at radius 2 is 2.10 bits per heavy atom. The number of carboxylic acids is 1. The molecule has 1 fully saturated rings. The maximum atomic E-state index is 11.3. The molecule has 6 heteroatoms. The second-order valence-corrected chi connectivity index (χ2v) is 11.9. The van der Waals surface area contributed by atoms with E-state index in [1.165, 1.54) is 0 Å². The topological polar surface area (TPSA) is 75.6 Å². The molecule has 116 valence electrons. The van der Waals surface area contributed by atoms with Crippen LogP contribution in [0, 0.1) is 11.8 Å². The van der Waals surface area contributed by atoms with Crippen molar-refractivity contribution >= 4 is 20.2 Å². The molecule has 5 nitrogen and oxygen atoms in total. The lowest BCUT2D eigenvalue weighted by Gasteiger charge is -2.36. The van der Waals surface area contributed by atoms with Crippen molar-refractivity contribution < 1.29 is 19.1 Å². The van der Waals surface area contributed by atoms with E-state index in [2.05, 4.69) is 39.2 Å². The fourth-order valence-corrected chi connectivity index (χ4v) is 3.06. The molecule has 0 spiro atoms. The van der Waals surface area contributed by atoms with Crippen molar-refractivity contribution in [3.05, 3.63) is 0 Å². The van der Waals surface area contributed by atoms with Crippen molar-refractivity contribution in [2.45, 2.75) is 51.7 Å². The van der Waals surface area contributed by atoms with Gasteiger partial charge in [-0.25, -0.2) is 0 Å². The van der Waals surface area contributed by atoms with E-state index in [0.717, 1.165) is 0 Å². The van der Waals surface area contributed by atoms with Gasteiger partial charge in [0.1, 0.15) is 0 Å². The SMILES string of the molecule is CC(C)(C)[Si](C)(C)OCCC[C@@H](C(=O)O)[C@H]1CNC1=O. The molecular formula is C14H27NO4Si. The van der Waals surface area contributed by atoms with Crippen LogP contribution in [0.2, 0.25) is 18.1 Å². The largest absolute Gasteiger partial charge is 0.481 e. The van der Waals surface area contributed by atoms with E-state index in [4.69, 9.17) is 4.43 Å². The molecule has 0 bridgehead atoms. The second-order valence-electron chi connectivity index (χ2n) is 7.05. The smallest absolute Gasteiger partial charge is 0.307 e. The highest BCUT2D eigenvalue weighted by atomic mass is 28.4. The van der Waals surface area contributed by atoms with Crippen LogP contribution in [0.1, 0.15) is 33.6 Å². The monoisotopic (exact) mass is 301 g/mol. The van der Waals surface area contributed by atoms with E-state index >= 15 is 0 Å². The predicted molar refractivity (Wildman–Crippen MR) is 80.0 cm³/mol. The summed E-state index contributed by atoms with van der Waals surface area (Å²) in [4.78, 5) is 22.5. The zero-order chi connectivity index (χ0) is 15.6. The lowest BCUT2D eigenvalue weighted by atomic mass is 9.83. The number of carbonyl (C=O) groups is 2. The summed E-state index contributed by atoms with van der Waals surface area (Å²) >= 11 is 0. The third kappa shape index (κ3) is 4.05. The van der Waals surface area contributed by atoms with Crippen LogP contribution in [-0.2, 0) is 14.0 Å². The molecule has 1 heterocycles. The summed E-state index contributed by atoms with van der Waals surface area (Å²) in [5, 5.41) is 12.0. The standard InChI is InChI=1S/C14H27NO4Si/c1-14(2,3)20(4,5)19-8-6-7-10(13(17)18)11-9-15-12(11)16/h10-11H,6-9H2,1-5H3,(H,15,16)(H,17,18)/t10-,11-/m1/s1. The molecule has 0 aromatic heterocycles. The van der Waals surface area contributed by atoms with Crippen molar-refractivity contribution in [3.63, 3.8) is 0 Å². The van der Waals surface area contributed by atoms with Crippen molar-refractivity contribution in [3.8, 4) is 0 Å². The van der Waals surface area contributed by atoms with E-state index in [-0.39, 0.29) is 16.9 Å². The third-order valence-corrected chi connectivity index (χ3v) is 9.10. The summed E-state index contributed by atoms with van der Waals surface area (Å²) in [6, 6.07) is 0. The predicted octanol–water partition coefficient (Wildman–Crippen LogP) is 2.24. The zero-order valence-corrected chi connectivity index (χ0v) is 14.2. The molecule has 1 aliphatic rings. The van der Waals surface area contributed by atoms with Crippen molar-refractivity contribution in [2.24, 2.45) is 11.8 Å². The maximum Gasteiger partial charge on any atom is 0.307 e. The fraction of sp³-hybridized carbons (Fsp3) is 0.857. The summed E-state index contributed by atoms with van der Waals surface area (Å²) in [7, 11) is -1.77. The van der Waals surface area contributed by atoms with Gasteiger partial charge in [-0.2, -0.15) is 0 Å². The molecule has 0 aromatic carbocycles.